The van der Waals surface area contributed by atoms with Gasteiger partial charge in [-0.25, -0.2) is 0 Å². The highest BCUT2D eigenvalue weighted by molar-refractivity contribution is 6.37. The summed E-state index contributed by atoms with van der Waals surface area (Å²) in [7, 11) is 1.57. The molecule has 3 saturated heterocycles. The van der Waals surface area contributed by atoms with Gasteiger partial charge in [-0.05, 0) is 44.4 Å². The summed E-state index contributed by atoms with van der Waals surface area (Å²) in [4.78, 5) is 55.6. The fourth-order valence-corrected chi connectivity index (χ4v) is 5.90. The number of hydrogen-bond acceptors (Lipinski definition) is 9. The predicted molar refractivity (Wildman–Crippen MR) is 151 cm³/mol. The molecule has 42 heavy (non-hydrogen) atoms. The number of fused-ring (bicyclic) bond motifs is 3. The average molecular weight is 589 g/mol. The number of ether oxygens (including phenoxy) is 5. The molecule has 3 heterocycles. The van der Waals surface area contributed by atoms with Crippen LogP contribution in [0.25, 0.3) is 0 Å². The Bertz CT molecular complexity index is 1120. The minimum Gasteiger partial charge on any atom is -0.497 e. The summed E-state index contributed by atoms with van der Waals surface area (Å²) < 4.78 is 29.5. The molecule has 11 heteroatoms. The second-order valence-corrected chi connectivity index (χ2v) is 11.6. The number of hydrogen-bond donors (Lipinski definition) is 0. The van der Waals surface area contributed by atoms with Crippen LogP contribution in [0.2, 0.25) is 0 Å². The Kier molecular flexibility index (Phi) is 10.5. The first-order chi connectivity index (χ1) is 20.1. The Morgan fingerprint density at radius 2 is 1.50 bits per heavy atom. The summed E-state index contributed by atoms with van der Waals surface area (Å²) in [5.41, 5.74) is 0.789. The number of carbonyl (C=O) groups is 4. The standard InChI is InChI=1S/C31H44N2O9/c1-6-8-10-12-23(34)39-19-22-25(40-24(35)13-11-9-7-2)26-27(42-31(3,4)41-26)28-32(29(36)30(37)33(22)28)18-20-14-16-21(38-5)17-15-20/h14-17,22,25-28H,6-13,18-19H2,1-5H3/t22-,25-,26+,27+,28?/m1/s1. The van der Waals surface area contributed by atoms with E-state index >= 15 is 0 Å². The van der Waals surface area contributed by atoms with E-state index in [9.17, 15) is 19.2 Å². The molecule has 1 aromatic rings. The Morgan fingerprint density at radius 3 is 2.12 bits per heavy atom. The van der Waals surface area contributed by atoms with Crippen molar-refractivity contribution in [2.75, 3.05) is 13.7 Å². The van der Waals surface area contributed by atoms with Crippen molar-refractivity contribution in [3.05, 3.63) is 29.8 Å². The first-order valence-corrected chi connectivity index (χ1v) is 15.1. The average Bonchev–Trinajstić information content (AvgIpc) is 3.41. The fourth-order valence-electron chi connectivity index (χ4n) is 5.90. The SMILES string of the molecule is CCCCCC(=O)OC[C@@H]1[C@@H](OC(=O)CCCCC)[C@@H]2OC(C)(C)O[C@@H]2C2N(Cc3ccc(OC)cc3)C(=O)C(=O)N21. The van der Waals surface area contributed by atoms with Gasteiger partial charge in [-0.3, -0.25) is 19.2 Å². The molecule has 0 N–H and O–H groups in total. The summed E-state index contributed by atoms with van der Waals surface area (Å²) in [6.45, 7) is 7.46. The highest BCUT2D eigenvalue weighted by Crippen LogP contribution is 2.44. The van der Waals surface area contributed by atoms with Crippen molar-refractivity contribution >= 4 is 23.8 Å². The molecule has 5 atom stereocenters. The van der Waals surface area contributed by atoms with E-state index in [1.54, 1.807) is 33.1 Å². The highest BCUT2D eigenvalue weighted by atomic mass is 16.8. The van der Waals surface area contributed by atoms with Gasteiger partial charge in [0.15, 0.2) is 11.9 Å². The van der Waals surface area contributed by atoms with Gasteiger partial charge in [0.2, 0.25) is 0 Å². The van der Waals surface area contributed by atoms with Crippen LogP contribution >= 0.6 is 0 Å². The normalized spacial score (nSPS) is 26.2. The van der Waals surface area contributed by atoms with Crippen LogP contribution < -0.4 is 4.74 Å². The van der Waals surface area contributed by atoms with Gasteiger partial charge >= 0.3 is 23.8 Å². The molecule has 0 saturated carbocycles. The van der Waals surface area contributed by atoms with Crippen molar-refractivity contribution in [3.63, 3.8) is 0 Å². The number of benzene rings is 1. The van der Waals surface area contributed by atoms with E-state index in [4.69, 9.17) is 23.7 Å². The molecule has 232 valence electrons. The number of carbonyl (C=O) groups excluding carboxylic acids is 4. The number of esters is 2. The Morgan fingerprint density at radius 1 is 0.881 bits per heavy atom. The zero-order chi connectivity index (χ0) is 30.4. The van der Waals surface area contributed by atoms with E-state index in [0.717, 1.165) is 31.2 Å². The lowest BCUT2D eigenvalue weighted by molar-refractivity contribution is -0.189. The molecular formula is C31H44N2O9. The monoisotopic (exact) mass is 588 g/mol. The molecule has 3 fully saturated rings. The number of rotatable bonds is 14. The van der Waals surface area contributed by atoms with Gasteiger partial charge in [-0.15, -0.1) is 0 Å². The number of piperidine rings is 1. The van der Waals surface area contributed by atoms with Crippen molar-refractivity contribution in [2.45, 2.75) is 122 Å². The molecule has 0 aromatic heterocycles. The molecule has 3 aliphatic rings. The third-order valence-corrected chi connectivity index (χ3v) is 7.96. The zero-order valence-electron chi connectivity index (χ0n) is 25.3. The van der Waals surface area contributed by atoms with Gasteiger partial charge in [0.25, 0.3) is 0 Å². The number of nitrogens with zero attached hydrogens (tertiary/aromatic N) is 2. The third-order valence-electron chi connectivity index (χ3n) is 7.96. The lowest BCUT2D eigenvalue weighted by Crippen LogP contribution is -2.68. The number of amides is 2. The van der Waals surface area contributed by atoms with Crippen LogP contribution in [0.5, 0.6) is 5.75 Å². The topological polar surface area (TPSA) is 121 Å². The van der Waals surface area contributed by atoms with Crippen LogP contribution in [0.3, 0.4) is 0 Å². The maximum Gasteiger partial charge on any atom is 0.314 e. The van der Waals surface area contributed by atoms with E-state index in [0.29, 0.717) is 18.6 Å². The highest BCUT2D eigenvalue weighted by Gasteiger charge is 2.65. The van der Waals surface area contributed by atoms with Crippen molar-refractivity contribution in [3.8, 4) is 5.75 Å². The minimum absolute atomic E-state index is 0.133. The molecule has 1 aromatic carbocycles. The van der Waals surface area contributed by atoms with E-state index < -0.39 is 60.1 Å². The Labute approximate surface area is 247 Å². The van der Waals surface area contributed by atoms with Gasteiger partial charge < -0.3 is 33.5 Å². The second kappa shape index (κ2) is 13.9. The van der Waals surface area contributed by atoms with E-state index in [-0.39, 0.29) is 26.0 Å². The van der Waals surface area contributed by atoms with Crippen molar-refractivity contribution in [1.29, 1.82) is 0 Å². The van der Waals surface area contributed by atoms with Gasteiger partial charge in [0.1, 0.15) is 36.8 Å². The summed E-state index contributed by atoms with van der Waals surface area (Å²) in [5.74, 6) is -2.73. The van der Waals surface area contributed by atoms with Crippen LogP contribution in [-0.2, 0) is 44.7 Å². The van der Waals surface area contributed by atoms with Crippen molar-refractivity contribution < 1.29 is 42.9 Å². The van der Waals surface area contributed by atoms with Crippen LogP contribution in [0, 0.1) is 0 Å². The summed E-state index contributed by atoms with van der Waals surface area (Å²) in [6, 6.07) is 6.28. The lowest BCUT2D eigenvalue weighted by Gasteiger charge is -2.47. The number of unbranched alkanes of at least 4 members (excludes halogenated alkanes) is 4. The molecule has 1 unspecified atom stereocenters. The molecule has 0 aliphatic carbocycles. The van der Waals surface area contributed by atoms with Crippen LogP contribution in [-0.4, -0.2) is 83.6 Å². The predicted octanol–water partition coefficient (Wildman–Crippen LogP) is 3.71. The van der Waals surface area contributed by atoms with E-state index in [1.807, 2.05) is 26.0 Å². The quantitative estimate of drug-likeness (QED) is 0.182. The zero-order valence-corrected chi connectivity index (χ0v) is 25.3. The van der Waals surface area contributed by atoms with E-state index in [2.05, 4.69) is 0 Å². The first-order valence-electron chi connectivity index (χ1n) is 15.1. The van der Waals surface area contributed by atoms with Crippen LogP contribution in [0.4, 0.5) is 0 Å². The van der Waals surface area contributed by atoms with Crippen LogP contribution in [0.1, 0.15) is 84.6 Å². The van der Waals surface area contributed by atoms with Crippen molar-refractivity contribution in [1.82, 2.24) is 9.80 Å². The minimum atomic E-state index is -1.07. The summed E-state index contributed by atoms with van der Waals surface area (Å²) >= 11 is 0. The molecule has 4 rings (SSSR count). The fraction of sp³-hybridized carbons (Fsp3) is 0.677. The van der Waals surface area contributed by atoms with Crippen molar-refractivity contribution in [2.24, 2.45) is 0 Å². The molecule has 11 nitrogen and oxygen atoms in total. The first kappa shape index (κ1) is 31.7. The number of methoxy groups -OCH3 is 1. The second-order valence-electron chi connectivity index (χ2n) is 11.6. The summed E-state index contributed by atoms with van der Waals surface area (Å²) in [6.07, 6.45) is 2.02. The molecular weight excluding hydrogens is 544 g/mol. The molecule has 2 amide bonds. The van der Waals surface area contributed by atoms with Gasteiger partial charge in [0, 0.05) is 19.4 Å². The van der Waals surface area contributed by atoms with Gasteiger partial charge in [0.05, 0.1) is 7.11 Å². The van der Waals surface area contributed by atoms with Gasteiger partial charge in [-0.1, -0.05) is 51.7 Å². The Balaban J connectivity index is 1.66. The molecule has 3 aliphatic heterocycles. The lowest BCUT2D eigenvalue weighted by atomic mass is 9.91. The summed E-state index contributed by atoms with van der Waals surface area (Å²) in [5, 5.41) is 0. The Hall–Kier alpha value is -3.18. The largest absolute Gasteiger partial charge is 0.497 e. The smallest absolute Gasteiger partial charge is 0.314 e. The molecule has 0 radical (unpaired) electrons. The van der Waals surface area contributed by atoms with E-state index in [1.165, 1.54) is 9.80 Å². The maximum atomic E-state index is 13.6. The molecule has 0 bridgehead atoms. The van der Waals surface area contributed by atoms with Crippen LogP contribution in [0.15, 0.2) is 24.3 Å². The van der Waals surface area contributed by atoms with Gasteiger partial charge in [-0.2, -0.15) is 0 Å². The maximum absolute atomic E-state index is 13.6. The molecule has 0 spiro atoms. The third kappa shape index (κ3) is 7.06.